The number of likely N-dealkylation sites (tertiary alicyclic amines) is 2. The van der Waals surface area contributed by atoms with Crippen molar-refractivity contribution in [1.82, 2.24) is 20.4 Å². The van der Waals surface area contributed by atoms with Gasteiger partial charge in [-0.1, -0.05) is 37.1 Å². The summed E-state index contributed by atoms with van der Waals surface area (Å²) in [7, 11) is 1.22. The highest BCUT2D eigenvalue weighted by molar-refractivity contribution is 5.79. The molecule has 1 aromatic rings. The van der Waals surface area contributed by atoms with Crippen molar-refractivity contribution in [3.8, 4) is 0 Å². The Morgan fingerprint density at radius 2 is 1.65 bits per heavy atom. The fourth-order valence-corrected chi connectivity index (χ4v) is 5.47. The number of hydrogen-bond donors (Lipinski definition) is 3. The highest BCUT2D eigenvalue weighted by Crippen LogP contribution is 2.32. The van der Waals surface area contributed by atoms with Crippen LogP contribution in [0.1, 0.15) is 62.0 Å². The van der Waals surface area contributed by atoms with Crippen LogP contribution in [0.15, 0.2) is 24.3 Å². The number of carbonyl (C=O) groups is 2. The van der Waals surface area contributed by atoms with Gasteiger partial charge in [0.15, 0.2) is 0 Å². The molecule has 3 aliphatic rings. The first-order chi connectivity index (χ1) is 16.3. The maximum atomic E-state index is 14.0. The monoisotopic (exact) mass is 478 g/mol. The average molecular weight is 479 g/mol. The number of benzene rings is 1. The van der Waals surface area contributed by atoms with Gasteiger partial charge >= 0.3 is 12.1 Å². The summed E-state index contributed by atoms with van der Waals surface area (Å²) < 4.78 is 28.0. The van der Waals surface area contributed by atoms with Crippen LogP contribution in [0.4, 0.5) is 13.6 Å². The summed E-state index contributed by atoms with van der Waals surface area (Å²) in [5.41, 5.74) is 0.766. The number of halogens is 2. The molecule has 1 aliphatic carbocycles. The van der Waals surface area contributed by atoms with Crippen LogP contribution in [0.5, 0.6) is 0 Å². The quantitative estimate of drug-likeness (QED) is 0.568. The summed E-state index contributed by atoms with van der Waals surface area (Å²) in [6, 6.07) is 2.86. The second kappa shape index (κ2) is 10.6. The Morgan fingerprint density at radius 1 is 1.00 bits per heavy atom. The number of alkyl halides is 2. The minimum Gasteiger partial charge on any atom is -0.393 e. The summed E-state index contributed by atoms with van der Waals surface area (Å²) in [6.07, 6.45) is 5.36. The van der Waals surface area contributed by atoms with Crippen molar-refractivity contribution < 1.29 is 23.5 Å². The van der Waals surface area contributed by atoms with Crippen LogP contribution in [0.3, 0.4) is 0 Å². The molecular weight excluding hydrogens is 442 g/mol. The van der Waals surface area contributed by atoms with Gasteiger partial charge in [-0.3, -0.25) is 10.1 Å². The number of nitrogens with zero attached hydrogens (tertiary/aromatic N) is 2. The third-order valence-electron chi connectivity index (χ3n) is 7.59. The predicted molar refractivity (Wildman–Crippen MR) is 124 cm³/mol. The number of amides is 3. The molecule has 3 fully saturated rings. The lowest BCUT2D eigenvalue weighted by Gasteiger charge is -2.42. The van der Waals surface area contributed by atoms with Crippen molar-refractivity contribution in [1.29, 1.82) is 0 Å². The van der Waals surface area contributed by atoms with Gasteiger partial charge in [-0.2, -0.15) is 8.78 Å². The van der Waals surface area contributed by atoms with Crippen LogP contribution in [0.25, 0.3) is 0 Å². The minimum absolute atomic E-state index is 0.0381. The van der Waals surface area contributed by atoms with Crippen molar-refractivity contribution >= 4 is 11.9 Å². The second-order valence-corrected chi connectivity index (χ2v) is 9.97. The molecule has 2 heterocycles. The van der Waals surface area contributed by atoms with Crippen molar-refractivity contribution in [2.24, 2.45) is 5.92 Å². The molecule has 0 radical (unpaired) electrons. The Labute approximate surface area is 199 Å². The topological polar surface area (TPSA) is 84.9 Å². The van der Waals surface area contributed by atoms with Gasteiger partial charge in [0, 0.05) is 49.6 Å². The lowest BCUT2D eigenvalue weighted by Crippen LogP contribution is -2.56. The lowest BCUT2D eigenvalue weighted by atomic mass is 9.87. The van der Waals surface area contributed by atoms with E-state index in [1.165, 1.54) is 19.2 Å². The molecule has 34 heavy (non-hydrogen) atoms. The zero-order valence-corrected chi connectivity index (χ0v) is 19.8. The lowest BCUT2D eigenvalue weighted by molar-refractivity contribution is -0.125. The summed E-state index contributed by atoms with van der Waals surface area (Å²) >= 11 is 0. The molecule has 2 atom stereocenters. The summed E-state index contributed by atoms with van der Waals surface area (Å²) in [5.74, 6) is 0.0241. The van der Waals surface area contributed by atoms with Crippen molar-refractivity contribution in [2.75, 3.05) is 33.2 Å². The Balaban J connectivity index is 1.50. The molecule has 2 aliphatic heterocycles. The van der Waals surface area contributed by atoms with Crippen LogP contribution >= 0.6 is 0 Å². The largest absolute Gasteiger partial charge is 0.393 e. The molecule has 0 spiro atoms. The van der Waals surface area contributed by atoms with Gasteiger partial charge in [0.25, 0.3) is 0 Å². The molecular formula is C25H36F2N4O3. The SMILES string of the molecule is CNC(F)(F)c1ccc(C2CC(NC(=O)C3CCCC3)CN(C(=O)N3CCC(O)CC3)C2)cc1. The molecule has 3 N–H and O–H groups in total. The molecule has 4 rings (SSSR count). The molecule has 3 amide bonds. The van der Waals surface area contributed by atoms with E-state index >= 15 is 0 Å². The number of urea groups is 1. The smallest absolute Gasteiger partial charge is 0.329 e. The van der Waals surface area contributed by atoms with Gasteiger partial charge in [0.1, 0.15) is 0 Å². The van der Waals surface area contributed by atoms with E-state index in [-0.39, 0.29) is 41.5 Å². The number of rotatable bonds is 5. The zero-order valence-electron chi connectivity index (χ0n) is 19.8. The second-order valence-electron chi connectivity index (χ2n) is 9.97. The molecule has 2 saturated heterocycles. The van der Waals surface area contributed by atoms with Crippen molar-refractivity contribution in [3.63, 3.8) is 0 Å². The third kappa shape index (κ3) is 5.68. The molecule has 1 aromatic carbocycles. The van der Waals surface area contributed by atoms with E-state index in [1.807, 2.05) is 5.32 Å². The maximum absolute atomic E-state index is 14.0. The van der Waals surface area contributed by atoms with Gasteiger partial charge < -0.3 is 20.2 Å². The molecule has 0 aromatic heterocycles. The highest BCUT2D eigenvalue weighted by Gasteiger charge is 2.36. The Morgan fingerprint density at radius 3 is 2.26 bits per heavy atom. The van der Waals surface area contributed by atoms with E-state index in [4.69, 9.17) is 0 Å². The van der Waals surface area contributed by atoms with Gasteiger partial charge in [-0.05, 0) is 44.7 Å². The van der Waals surface area contributed by atoms with Crippen LogP contribution in [-0.2, 0) is 10.8 Å². The fourth-order valence-electron chi connectivity index (χ4n) is 5.47. The van der Waals surface area contributed by atoms with Crippen molar-refractivity contribution in [2.45, 2.75) is 69.1 Å². The van der Waals surface area contributed by atoms with Crippen molar-refractivity contribution in [3.05, 3.63) is 35.4 Å². The molecule has 9 heteroatoms. The van der Waals surface area contributed by atoms with Gasteiger partial charge in [0.2, 0.25) is 5.91 Å². The van der Waals surface area contributed by atoms with Crippen LogP contribution in [-0.4, -0.2) is 72.2 Å². The standard InChI is InChI=1S/C25H36F2N4O3/c1-28-25(26,27)20-8-6-17(7-9-20)19-14-21(29-23(33)18-4-2-3-5-18)16-31(15-19)24(34)30-12-10-22(32)11-13-30/h6-9,18-19,21-22,28,32H,2-5,10-16H2,1H3,(H,29,33). The maximum Gasteiger partial charge on any atom is 0.329 e. The molecule has 2 unspecified atom stereocenters. The van der Waals surface area contributed by atoms with E-state index < -0.39 is 6.05 Å². The zero-order chi connectivity index (χ0) is 24.3. The summed E-state index contributed by atoms with van der Waals surface area (Å²) in [5, 5.41) is 15.0. The predicted octanol–water partition coefficient (Wildman–Crippen LogP) is 3.00. The highest BCUT2D eigenvalue weighted by atomic mass is 19.3. The number of aliphatic hydroxyl groups excluding tert-OH is 1. The molecule has 0 bridgehead atoms. The Kier molecular flexibility index (Phi) is 7.72. The third-order valence-corrected chi connectivity index (χ3v) is 7.59. The number of piperidine rings is 2. The van der Waals surface area contributed by atoms with Crippen LogP contribution in [0, 0.1) is 5.92 Å². The molecule has 188 valence electrons. The number of carbonyl (C=O) groups excluding carboxylic acids is 2. The fraction of sp³-hybridized carbons (Fsp3) is 0.680. The summed E-state index contributed by atoms with van der Waals surface area (Å²) in [4.78, 5) is 29.7. The summed E-state index contributed by atoms with van der Waals surface area (Å²) in [6.45, 7) is 1.92. The molecule has 7 nitrogen and oxygen atoms in total. The normalized spacial score (nSPS) is 24.9. The van der Waals surface area contributed by atoms with Crippen LogP contribution in [0.2, 0.25) is 0 Å². The first kappa shape index (κ1) is 24.9. The van der Waals surface area contributed by atoms with E-state index in [2.05, 4.69) is 5.32 Å². The minimum atomic E-state index is -3.11. The number of hydrogen-bond acceptors (Lipinski definition) is 4. The first-order valence-corrected chi connectivity index (χ1v) is 12.5. The van der Waals surface area contributed by atoms with E-state index in [0.29, 0.717) is 45.4 Å². The van der Waals surface area contributed by atoms with Gasteiger partial charge in [0.05, 0.1) is 6.10 Å². The van der Waals surface area contributed by atoms with Gasteiger partial charge in [-0.25, -0.2) is 4.79 Å². The number of aliphatic hydroxyl groups is 1. The number of nitrogens with one attached hydrogen (secondary N) is 2. The van der Waals surface area contributed by atoms with Crippen LogP contribution < -0.4 is 10.6 Å². The van der Waals surface area contributed by atoms with Gasteiger partial charge in [-0.15, -0.1) is 0 Å². The van der Waals surface area contributed by atoms with E-state index in [1.54, 1.807) is 21.9 Å². The van der Waals surface area contributed by atoms with E-state index in [9.17, 15) is 23.5 Å². The Bertz CT molecular complexity index is 852. The Hall–Kier alpha value is -2.26. The molecule has 1 saturated carbocycles. The first-order valence-electron chi connectivity index (χ1n) is 12.5. The average Bonchev–Trinajstić information content (AvgIpc) is 3.39. The van der Waals surface area contributed by atoms with E-state index in [0.717, 1.165) is 31.2 Å².